The van der Waals surface area contributed by atoms with Crippen molar-refractivity contribution < 1.29 is 0 Å². The molecular weight excluding hydrogens is 172 g/mol. The van der Waals surface area contributed by atoms with Gasteiger partial charge in [0.05, 0.1) is 0 Å². The van der Waals surface area contributed by atoms with Crippen LogP contribution < -0.4 is 0 Å². The Kier molecular flexibility index (Phi) is 6.61. The fourth-order valence-electron chi connectivity index (χ4n) is 2.16. The first-order valence-corrected chi connectivity index (χ1v) is 7.45. The smallest absolute Gasteiger partial charge is 0.0413 e. The summed E-state index contributed by atoms with van der Waals surface area (Å²) in [5.41, 5.74) is 1.13. The zero-order valence-corrected chi connectivity index (χ0v) is 10.1. The molecule has 1 aliphatic rings. The molecule has 0 aromatic rings. The van der Waals surface area contributed by atoms with Crippen LogP contribution in [-0.2, 0) is 0 Å². The third-order valence-electron chi connectivity index (χ3n) is 3.07. The van der Waals surface area contributed by atoms with E-state index in [-0.39, 0.29) is 0 Å². The van der Waals surface area contributed by atoms with E-state index in [0.29, 0.717) is 0 Å². The summed E-state index contributed by atoms with van der Waals surface area (Å²) >= 11 is 0. The second-order valence-electron chi connectivity index (χ2n) is 4.35. The fraction of sp³-hybridized carbons (Fsp3) is 1.00. The second kappa shape index (κ2) is 7.60. The van der Waals surface area contributed by atoms with Crippen molar-refractivity contribution in [3.8, 4) is 0 Å². The Hall–Kier alpha value is 0.217. The molecule has 0 aliphatic heterocycles. The van der Waals surface area contributed by atoms with E-state index < -0.39 is 0 Å². The maximum absolute atomic E-state index is 2.30. The summed E-state index contributed by atoms with van der Waals surface area (Å²) in [7, 11) is 1.29. The van der Waals surface area contributed by atoms with Gasteiger partial charge in [-0.3, -0.25) is 0 Å². The quantitative estimate of drug-likeness (QED) is 0.435. The minimum absolute atomic E-state index is 1.13. The fourth-order valence-corrected chi connectivity index (χ4v) is 3.84. The van der Waals surface area contributed by atoms with Crippen LogP contribution >= 0.6 is 0 Å². The lowest BCUT2D eigenvalue weighted by molar-refractivity contribution is 0.499. The number of rotatable bonds is 6. The predicted molar refractivity (Wildman–Crippen MR) is 61.5 cm³/mol. The van der Waals surface area contributed by atoms with Crippen molar-refractivity contribution in [3.05, 3.63) is 0 Å². The van der Waals surface area contributed by atoms with Crippen molar-refractivity contribution in [1.29, 1.82) is 0 Å². The third-order valence-corrected chi connectivity index (χ3v) is 4.87. The Morgan fingerprint density at radius 1 is 1.00 bits per heavy atom. The highest BCUT2D eigenvalue weighted by atomic mass is 28.2. The first-order valence-electron chi connectivity index (χ1n) is 6.17. The molecule has 0 atom stereocenters. The van der Waals surface area contributed by atoms with E-state index in [1.807, 2.05) is 0 Å². The molecular formula is C12H24Si. The van der Waals surface area contributed by atoms with Gasteiger partial charge in [0.25, 0.3) is 0 Å². The minimum atomic E-state index is 1.13. The van der Waals surface area contributed by atoms with Crippen LogP contribution in [0.3, 0.4) is 0 Å². The molecule has 0 spiro atoms. The summed E-state index contributed by atoms with van der Waals surface area (Å²) in [4.78, 5) is 0. The van der Waals surface area contributed by atoms with Crippen LogP contribution in [0.2, 0.25) is 11.6 Å². The molecule has 0 amide bonds. The molecule has 1 aliphatic carbocycles. The van der Waals surface area contributed by atoms with Crippen LogP contribution in [0.5, 0.6) is 0 Å². The molecule has 0 saturated heterocycles. The maximum Gasteiger partial charge on any atom is 0.0413 e. The van der Waals surface area contributed by atoms with Crippen LogP contribution in [0.25, 0.3) is 0 Å². The Bertz CT molecular complexity index is 106. The van der Waals surface area contributed by atoms with Gasteiger partial charge in [0.2, 0.25) is 0 Å². The monoisotopic (exact) mass is 196 g/mol. The van der Waals surface area contributed by atoms with Gasteiger partial charge < -0.3 is 0 Å². The van der Waals surface area contributed by atoms with Gasteiger partial charge in [-0.2, -0.15) is 0 Å². The van der Waals surface area contributed by atoms with E-state index in [2.05, 4.69) is 6.92 Å². The standard InChI is InChI=1S/C12H24Si/c1-2-3-4-8-11-13-12-9-6-5-7-10-12/h12H,2-11H2,1H3. The highest BCUT2D eigenvalue weighted by Crippen LogP contribution is 2.28. The molecule has 76 valence electrons. The summed E-state index contributed by atoms with van der Waals surface area (Å²) in [6, 6.07) is 1.53. The van der Waals surface area contributed by atoms with Crippen molar-refractivity contribution in [3.63, 3.8) is 0 Å². The van der Waals surface area contributed by atoms with Gasteiger partial charge in [-0.05, 0) is 5.54 Å². The Balaban J connectivity index is 1.86. The first-order chi connectivity index (χ1) is 6.43. The van der Waals surface area contributed by atoms with Gasteiger partial charge in [0.15, 0.2) is 0 Å². The van der Waals surface area contributed by atoms with E-state index in [1.54, 1.807) is 12.8 Å². The lowest BCUT2D eigenvalue weighted by Gasteiger charge is -2.20. The molecule has 1 heteroatoms. The third kappa shape index (κ3) is 5.51. The summed E-state index contributed by atoms with van der Waals surface area (Å²) in [5.74, 6) is 0. The normalized spacial score (nSPS) is 19.2. The van der Waals surface area contributed by atoms with E-state index in [4.69, 9.17) is 0 Å². The average Bonchev–Trinajstić information content (AvgIpc) is 2.19. The second-order valence-corrected chi connectivity index (χ2v) is 6.07. The Labute approximate surface area is 86.3 Å². The van der Waals surface area contributed by atoms with Crippen LogP contribution in [0, 0.1) is 0 Å². The summed E-state index contributed by atoms with van der Waals surface area (Å²) in [6.07, 6.45) is 13.5. The Morgan fingerprint density at radius 3 is 2.46 bits per heavy atom. The molecule has 1 fully saturated rings. The summed E-state index contributed by atoms with van der Waals surface area (Å²) in [6.45, 7) is 2.30. The van der Waals surface area contributed by atoms with Crippen LogP contribution in [-0.4, -0.2) is 9.52 Å². The van der Waals surface area contributed by atoms with E-state index in [1.165, 1.54) is 60.5 Å². The number of unbranched alkanes of at least 4 members (excludes halogenated alkanes) is 3. The van der Waals surface area contributed by atoms with Crippen LogP contribution in [0.1, 0.15) is 64.7 Å². The lowest BCUT2D eigenvalue weighted by Crippen LogP contribution is -2.07. The largest absolute Gasteiger partial charge is 0.0654 e. The first kappa shape index (κ1) is 11.3. The minimum Gasteiger partial charge on any atom is -0.0654 e. The van der Waals surface area contributed by atoms with Crippen LogP contribution in [0.15, 0.2) is 0 Å². The van der Waals surface area contributed by atoms with Gasteiger partial charge in [0, 0.05) is 9.52 Å². The van der Waals surface area contributed by atoms with Gasteiger partial charge >= 0.3 is 0 Å². The zero-order valence-electron chi connectivity index (χ0n) is 9.15. The van der Waals surface area contributed by atoms with Gasteiger partial charge in [-0.15, -0.1) is 0 Å². The number of hydrogen-bond acceptors (Lipinski definition) is 0. The highest BCUT2D eigenvalue weighted by Gasteiger charge is 2.12. The predicted octanol–water partition coefficient (Wildman–Crippen LogP) is 4.44. The molecule has 0 aromatic carbocycles. The topological polar surface area (TPSA) is 0 Å². The lowest BCUT2D eigenvalue weighted by atomic mass is 10.0. The maximum atomic E-state index is 2.30. The molecule has 1 saturated carbocycles. The van der Waals surface area contributed by atoms with Crippen molar-refractivity contribution in [2.45, 2.75) is 76.3 Å². The van der Waals surface area contributed by atoms with E-state index >= 15 is 0 Å². The van der Waals surface area contributed by atoms with Gasteiger partial charge in [-0.1, -0.05) is 70.8 Å². The van der Waals surface area contributed by atoms with E-state index in [0.717, 1.165) is 5.54 Å². The molecule has 0 unspecified atom stereocenters. The Morgan fingerprint density at radius 2 is 1.77 bits per heavy atom. The van der Waals surface area contributed by atoms with E-state index in [9.17, 15) is 0 Å². The molecule has 0 N–H and O–H groups in total. The molecule has 13 heavy (non-hydrogen) atoms. The van der Waals surface area contributed by atoms with Gasteiger partial charge in [-0.25, -0.2) is 0 Å². The zero-order chi connectivity index (χ0) is 9.36. The molecule has 2 radical (unpaired) electrons. The van der Waals surface area contributed by atoms with Crippen molar-refractivity contribution in [2.24, 2.45) is 0 Å². The highest BCUT2D eigenvalue weighted by molar-refractivity contribution is 6.37. The van der Waals surface area contributed by atoms with Crippen molar-refractivity contribution >= 4 is 9.52 Å². The van der Waals surface area contributed by atoms with Crippen LogP contribution in [0.4, 0.5) is 0 Å². The van der Waals surface area contributed by atoms with Crippen molar-refractivity contribution in [1.82, 2.24) is 0 Å². The molecule has 1 rings (SSSR count). The summed E-state index contributed by atoms with van der Waals surface area (Å²) < 4.78 is 0. The molecule has 0 bridgehead atoms. The van der Waals surface area contributed by atoms with Crippen molar-refractivity contribution in [2.75, 3.05) is 0 Å². The molecule has 0 heterocycles. The van der Waals surface area contributed by atoms with Gasteiger partial charge in [0.1, 0.15) is 0 Å². The average molecular weight is 196 g/mol. The SMILES string of the molecule is CCCCCC[Si]C1CCCCC1. The number of hydrogen-bond donors (Lipinski definition) is 0. The molecule has 0 aromatic heterocycles. The summed E-state index contributed by atoms with van der Waals surface area (Å²) in [5, 5.41) is 0. The molecule has 0 nitrogen and oxygen atoms in total.